The summed E-state index contributed by atoms with van der Waals surface area (Å²) < 4.78 is 16.4. The number of fused-ring (bicyclic) bond motifs is 2. The van der Waals surface area contributed by atoms with Gasteiger partial charge in [0.2, 0.25) is 11.9 Å². The fraction of sp³-hybridized carbons (Fsp3) is 0.469. The van der Waals surface area contributed by atoms with Crippen molar-refractivity contribution >= 4 is 69.4 Å². The van der Waals surface area contributed by atoms with E-state index in [2.05, 4.69) is 25.4 Å². The molecular weight excluding hydrogens is 896 g/mol. The molecule has 2 aliphatic heterocycles. The van der Waals surface area contributed by atoms with Crippen LogP contribution >= 0.6 is 23.2 Å². The van der Waals surface area contributed by atoms with Crippen molar-refractivity contribution in [2.45, 2.75) is 117 Å². The second kappa shape index (κ2) is 20.1. The van der Waals surface area contributed by atoms with Gasteiger partial charge in [-0.3, -0.25) is 9.59 Å². The number of anilines is 2. The summed E-state index contributed by atoms with van der Waals surface area (Å²) >= 11 is 12.9. The first kappa shape index (κ1) is 48.9. The Labute approximate surface area is 400 Å². The lowest BCUT2D eigenvalue weighted by Crippen LogP contribution is -2.49. The summed E-state index contributed by atoms with van der Waals surface area (Å²) in [5.74, 6) is 1.40. The van der Waals surface area contributed by atoms with Crippen molar-refractivity contribution < 1.29 is 19.1 Å². The van der Waals surface area contributed by atoms with Gasteiger partial charge in [-0.25, -0.2) is 19.6 Å². The minimum Gasteiger partial charge on any atom is -0.444 e. The molecule has 2 aromatic carbocycles. The number of rotatable bonds is 8. The Morgan fingerprint density at radius 3 is 1.63 bits per heavy atom. The van der Waals surface area contributed by atoms with Crippen LogP contribution in [-0.4, -0.2) is 90.3 Å². The number of alkyl carbamates (subject to hydrolysis) is 2. The largest absolute Gasteiger partial charge is 0.444 e. The molecule has 3 N–H and O–H groups in total. The number of imidazole rings is 2. The van der Waals surface area contributed by atoms with Gasteiger partial charge in [0.1, 0.15) is 33.3 Å². The summed E-state index contributed by atoms with van der Waals surface area (Å²) in [6.07, 6.45) is 6.10. The van der Waals surface area contributed by atoms with Crippen LogP contribution in [0.1, 0.15) is 89.5 Å². The van der Waals surface area contributed by atoms with E-state index in [4.69, 9.17) is 42.6 Å². The van der Waals surface area contributed by atoms with Gasteiger partial charge < -0.3 is 48.6 Å². The maximum absolute atomic E-state index is 13.2. The number of benzene rings is 2. The Balaban J connectivity index is 0.000000199. The van der Waals surface area contributed by atoms with E-state index < -0.39 is 23.4 Å². The van der Waals surface area contributed by atoms with Gasteiger partial charge in [0, 0.05) is 67.7 Å². The molecule has 0 saturated carbocycles. The number of nitrogens with one attached hydrogen (secondary N) is 3. The first-order chi connectivity index (χ1) is 31.7. The molecule has 16 nitrogen and oxygen atoms in total. The number of ether oxygens (including phenoxy) is 2. The van der Waals surface area contributed by atoms with Gasteiger partial charge >= 0.3 is 12.2 Å². The van der Waals surface area contributed by atoms with Gasteiger partial charge in [-0.15, -0.1) is 0 Å². The number of piperidine rings is 2. The van der Waals surface area contributed by atoms with Crippen molar-refractivity contribution in [3.63, 3.8) is 0 Å². The highest BCUT2D eigenvalue weighted by molar-refractivity contribution is 6.31. The van der Waals surface area contributed by atoms with Crippen LogP contribution in [0.5, 0.6) is 0 Å². The van der Waals surface area contributed by atoms with Crippen molar-refractivity contribution in [3.8, 4) is 0 Å². The molecule has 358 valence electrons. The molecule has 0 aliphatic carbocycles. The highest BCUT2D eigenvalue weighted by atomic mass is 35.5. The number of carbonyl (C=O) groups excluding carboxylic acids is 2. The van der Waals surface area contributed by atoms with Gasteiger partial charge in [0.25, 0.3) is 11.1 Å². The standard InChI is InChI=1S/C25H32ClN5O3.C24H30ClN5O3/c1-16-13-29(5)22(32)21-20(16)28-23(31(21)14-17-9-6-7-11-19(17)26)30-12-8-10-18(15-30)27-24(33)34-25(2,3)4;1-15-12-26-21(31)20-19(15)28-22(30(20)13-16-8-5-6-10-18(16)25)29-11-7-9-17(14-29)27-23(32)33-24(2,3)4/h6-7,9,11,13,18H,8,10,12,14-15H2,1-5H3,(H,27,33);5-6,8,10,12,17H,7,9,11,13-14H2,1-4H3,(H,26,31)(H,27,32)/t18-;17-/m11/s1. The van der Waals surface area contributed by atoms with Gasteiger partial charge in [-0.05, 0) is 115 Å². The number of aromatic amines is 1. The van der Waals surface area contributed by atoms with Gasteiger partial charge in [-0.2, -0.15) is 0 Å². The molecule has 2 aliphatic rings. The maximum Gasteiger partial charge on any atom is 0.407 e. The van der Waals surface area contributed by atoms with E-state index in [0.29, 0.717) is 70.2 Å². The lowest BCUT2D eigenvalue weighted by atomic mass is 10.1. The van der Waals surface area contributed by atoms with Gasteiger partial charge in [-0.1, -0.05) is 59.6 Å². The third-order valence-electron chi connectivity index (χ3n) is 11.6. The molecule has 6 heterocycles. The predicted molar refractivity (Wildman–Crippen MR) is 265 cm³/mol. The first-order valence-electron chi connectivity index (χ1n) is 22.8. The second-order valence-electron chi connectivity index (χ2n) is 19.5. The van der Waals surface area contributed by atoms with Crippen LogP contribution in [0.3, 0.4) is 0 Å². The van der Waals surface area contributed by atoms with Crippen LogP contribution in [0.2, 0.25) is 10.0 Å². The van der Waals surface area contributed by atoms with Gasteiger partial charge in [0.15, 0.2) is 0 Å². The average molecular weight is 958 g/mol. The zero-order valence-electron chi connectivity index (χ0n) is 39.8. The Bertz CT molecular complexity index is 2890. The van der Waals surface area contributed by atoms with E-state index in [1.165, 1.54) is 0 Å². The summed E-state index contributed by atoms with van der Waals surface area (Å²) in [7, 11) is 1.75. The van der Waals surface area contributed by atoms with E-state index in [1.54, 1.807) is 17.8 Å². The van der Waals surface area contributed by atoms with Crippen LogP contribution < -0.4 is 31.6 Å². The normalized spacial score (nSPS) is 16.7. The van der Waals surface area contributed by atoms with Crippen LogP contribution in [0.15, 0.2) is 70.5 Å². The quantitative estimate of drug-likeness (QED) is 0.134. The van der Waals surface area contributed by atoms with Gasteiger partial charge in [0.05, 0.1) is 13.1 Å². The molecule has 0 unspecified atom stereocenters. The molecule has 18 heteroatoms. The highest BCUT2D eigenvalue weighted by Gasteiger charge is 2.31. The smallest absolute Gasteiger partial charge is 0.407 e. The van der Waals surface area contributed by atoms with Crippen molar-refractivity contribution in [2.24, 2.45) is 7.05 Å². The van der Waals surface area contributed by atoms with E-state index in [9.17, 15) is 19.2 Å². The molecule has 2 amide bonds. The zero-order valence-corrected chi connectivity index (χ0v) is 41.3. The SMILES string of the molecule is Cc1c[nH]c(=O)c2c1nc(N1CCC[C@@H](NC(=O)OC(C)(C)C)C1)n2Cc1ccccc1Cl.Cc1cn(C)c(=O)c2c1nc(N1CCC[C@@H](NC(=O)OC(C)(C)C)C1)n2Cc1ccccc1Cl. The Hall–Kier alpha value is -6.00. The number of amides is 2. The molecule has 0 radical (unpaired) electrons. The summed E-state index contributed by atoms with van der Waals surface area (Å²) in [6.45, 7) is 18.5. The molecule has 6 aromatic rings. The van der Waals surface area contributed by atoms with Crippen LogP contribution in [0.25, 0.3) is 22.1 Å². The minimum absolute atomic E-state index is 0.0819. The Morgan fingerprint density at radius 1 is 0.716 bits per heavy atom. The molecule has 0 bridgehead atoms. The fourth-order valence-electron chi connectivity index (χ4n) is 8.64. The summed E-state index contributed by atoms with van der Waals surface area (Å²) in [5.41, 5.74) is 4.66. The molecule has 8 rings (SSSR count). The van der Waals surface area contributed by atoms with Crippen molar-refractivity contribution in [2.75, 3.05) is 36.0 Å². The second-order valence-corrected chi connectivity index (χ2v) is 20.3. The molecule has 2 atom stereocenters. The van der Waals surface area contributed by atoms with Crippen molar-refractivity contribution in [3.05, 3.63) is 114 Å². The van der Waals surface area contributed by atoms with Crippen LogP contribution in [0.4, 0.5) is 21.5 Å². The van der Waals surface area contributed by atoms with Crippen LogP contribution in [-0.2, 0) is 29.6 Å². The third-order valence-corrected chi connectivity index (χ3v) is 12.3. The monoisotopic (exact) mass is 956 g/mol. The van der Waals surface area contributed by atoms with E-state index in [-0.39, 0.29) is 23.2 Å². The van der Waals surface area contributed by atoms with Crippen molar-refractivity contribution in [1.29, 1.82) is 0 Å². The maximum atomic E-state index is 13.2. The molecule has 0 spiro atoms. The molecule has 67 heavy (non-hydrogen) atoms. The summed E-state index contributed by atoms with van der Waals surface area (Å²) in [6, 6.07) is 15.1. The number of aryl methyl sites for hydroxylation is 3. The number of halogens is 2. The molecule has 2 saturated heterocycles. The number of carbonyl (C=O) groups is 2. The highest BCUT2D eigenvalue weighted by Crippen LogP contribution is 2.30. The van der Waals surface area contributed by atoms with Crippen molar-refractivity contribution in [1.82, 2.24) is 39.3 Å². The Kier molecular flexibility index (Phi) is 14.7. The lowest BCUT2D eigenvalue weighted by molar-refractivity contribution is 0.0488. The summed E-state index contributed by atoms with van der Waals surface area (Å²) in [5, 5.41) is 7.25. The van der Waals surface area contributed by atoms with Crippen LogP contribution in [0, 0.1) is 13.8 Å². The van der Waals surface area contributed by atoms with E-state index >= 15 is 0 Å². The first-order valence-corrected chi connectivity index (χ1v) is 23.5. The van der Waals surface area contributed by atoms with E-state index in [0.717, 1.165) is 61.0 Å². The number of pyridine rings is 2. The minimum atomic E-state index is -0.557. The molecule has 4 aromatic heterocycles. The molecular formula is C49H62Cl2N10O6. The number of hydrogen-bond acceptors (Lipinski definition) is 10. The number of nitrogens with zero attached hydrogens (tertiary/aromatic N) is 7. The Morgan fingerprint density at radius 2 is 1.16 bits per heavy atom. The lowest BCUT2D eigenvalue weighted by Gasteiger charge is -2.34. The number of H-pyrrole nitrogens is 1. The topological polar surface area (TPSA) is 174 Å². The fourth-order valence-corrected chi connectivity index (χ4v) is 9.04. The van der Waals surface area contributed by atoms with E-state index in [1.807, 2.05) is 119 Å². The number of hydrogen-bond donors (Lipinski definition) is 3. The zero-order chi connectivity index (χ0) is 48.4. The average Bonchev–Trinajstić information content (AvgIpc) is 3.82. The third kappa shape index (κ3) is 11.8. The summed E-state index contributed by atoms with van der Waals surface area (Å²) in [4.78, 5) is 67.6. The predicted octanol–water partition coefficient (Wildman–Crippen LogP) is 8.47. The number of aromatic nitrogens is 6. The molecule has 2 fully saturated rings.